The zero-order valence-electron chi connectivity index (χ0n) is 7.98. The maximum absolute atomic E-state index is 12.7. The molecule has 6 heteroatoms. The molecule has 0 amide bonds. The molecule has 0 saturated carbocycles. The quantitative estimate of drug-likeness (QED) is 0.756. The Balaban J connectivity index is 2.81. The average Bonchev–Trinajstić information content (AvgIpc) is 2.21. The van der Waals surface area contributed by atoms with Crippen molar-refractivity contribution in [1.29, 1.82) is 0 Å². The lowest BCUT2D eigenvalue weighted by Gasteiger charge is -2.04. The molecule has 0 aliphatic heterocycles. The maximum atomic E-state index is 12.7. The Labute approximate surface area is 89.1 Å². The number of hydrogen-bond donors (Lipinski definition) is 2. The number of carbonyl (C=O) groups is 2. The number of benzene rings is 1. The van der Waals surface area contributed by atoms with Gasteiger partial charge in [0.15, 0.2) is 23.5 Å². The summed E-state index contributed by atoms with van der Waals surface area (Å²) in [7, 11) is 0. The first-order chi connectivity index (χ1) is 7.41. The third-order valence-corrected chi connectivity index (χ3v) is 1.91. The van der Waals surface area contributed by atoms with E-state index >= 15 is 0 Å². The van der Waals surface area contributed by atoms with Gasteiger partial charge in [0, 0.05) is 12.0 Å². The molecule has 0 bridgehead atoms. The molecule has 0 aliphatic carbocycles. The topological polar surface area (TPSA) is 74.6 Å². The van der Waals surface area contributed by atoms with E-state index in [4.69, 9.17) is 10.2 Å². The Bertz CT molecular complexity index is 431. The molecule has 0 saturated heterocycles. The summed E-state index contributed by atoms with van der Waals surface area (Å²) in [5, 5.41) is 17.2. The fourth-order valence-corrected chi connectivity index (χ4v) is 1.05. The molecule has 16 heavy (non-hydrogen) atoms. The van der Waals surface area contributed by atoms with E-state index in [2.05, 4.69) is 0 Å². The molecular formula is C10H8F2O4. The van der Waals surface area contributed by atoms with Crippen LogP contribution in [-0.2, 0) is 4.79 Å². The van der Waals surface area contributed by atoms with E-state index in [1.54, 1.807) is 0 Å². The van der Waals surface area contributed by atoms with Crippen molar-refractivity contribution >= 4 is 11.8 Å². The Kier molecular flexibility index (Phi) is 3.68. The number of hydrogen-bond acceptors (Lipinski definition) is 3. The number of carboxylic acid groups (broad SMARTS) is 1. The van der Waals surface area contributed by atoms with Gasteiger partial charge in [-0.25, -0.2) is 13.6 Å². The van der Waals surface area contributed by atoms with Crippen molar-refractivity contribution in [2.24, 2.45) is 0 Å². The standard InChI is InChI=1S/C10H8F2O4/c11-6-2-1-5(3-7(6)12)8(13)4-9(14)10(15)16/h1-3,9,14H,4H2,(H,15,16)/t9-/m0/s1. The summed E-state index contributed by atoms with van der Waals surface area (Å²) in [5.74, 6) is -4.62. The predicted octanol–water partition coefficient (Wildman–Crippen LogP) is 0.983. The van der Waals surface area contributed by atoms with Crippen LogP contribution in [0.15, 0.2) is 18.2 Å². The molecule has 0 heterocycles. The van der Waals surface area contributed by atoms with Crippen LogP contribution in [0, 0.1) is 11.6 Å². The van der Waals surface area contributed by atoms with E-state index in [0.29, 0.717) is 6.07 Å². The van der Waals surface area contributed by atoms with Crippen LogP contribution in [0.4, 0.5) is 8.78 Å². The molecule has 1 rings (SSSR count). The number of halogens is 2. The second-order valence-electron chi connectivity index (χ2n) is 3.11. The third-order valence-electron chi connectivity index (χ3n) is 1.91. The zero-order chi connectivity index (χ0) is 12.3. The predicted molar refractivity (Wildman–Crippen MR) is 48.9 cm³/mol. The second kappa shape index (κ2) is 4.80. The zero-order valence-corrected chi connectivity index (χ0v) is 7.98. The molecule has 0 fully saturated rings. The summed E-state index contributed by atoms with van der Waals surface area (Å²) < 4.78 is 25.3. The summed E-state index contributed by atoms with van der Waals surface area (Å²) in [4.78, 5) is 21.6. The summed E-state index contributed by atoms with van der Waals surface area (Å²) in [6.45, 7) is 0. The summed E-state index contributed by atoms with van der Waals surface area (Å²) in [6, 6.07) is 2.44. The van der Waals surface area contributed by atoms with Gasteiger partial charge in [-0.1, -0.05) is 0 Å². The maximum Gasteiger partial charge on any atom is 0.332 e. The molecule has 4 nitrogen and oxygen atoms in total. The number of ketones is 1. The number of aliphatic hydroxyl groups is 1. The van der Waals surface area contributed by atoms with Crippen molar-refractivity contribution < 1.29 is 28.6 Å². The van der Waals surface area contributed by atoms with E-state index in [-0.39, 0.29) is 5.56 Å². The lowest BCUT2D eigenvalue weighted by molar-refractivity contribution is -0.146. The smallest absolute Gasteiger partial charge is 0.332 e. The van der Waals surface area contributed by atoms with Crippen LogP contribution in [0.5, 0.6) is 0 Å². The molecule has 1 atom stereocenters. The molecule has 0 spiro atoms. The fraction of sp³-hybridized carbons (Fsp3) is 0.200. The highest BCUT2D eigenvalue weighted by Crippen LogP contribution is 2.11. The highest BCUT2D eigenvalue weighted by atomic mass is 19.2. The SMILES string of the molecule is O=C(C[C@H](O)C(=O)O)c1ccc(F)c(F)c1. The number of aliphatic hydroxyl groups excluding tert-OH is 1. The second-order valence-corrected chi connectivity index (χ2v) is 3.11. The molecule has 0 aromatic heterocycles. The van der Waals surface area contributed by atoms with Crippen LogP contribution in [0.3, 0.4) is 0 Å². The van der Waals surface area contributed by atoms with Crippen LogP contribution in [-0.4, -0.2) is 28.1 Å². The van der Waals surface area contributed by atoms with Crippen molar-refractivity contribution in [2.75, 3.05) is 0 Å². The largest absolute Gasteiger partial charge is 0.479 e. The summed E-state index contributed by atoms with van der Waals surface area (Å²) in [6.07, 6.45) is -2.53. The highest BCUT2D eigenvalue weighted by Gasteiger charge is 2.19. The molecule has 86 valence electrons. The third kappa shape index (κ3) is 2.83. The van der Waals surface area contributed by atoms with Crippen LogP contribution in [0.25, 0.3) is 0 Å². The number of carbonyl (C=O) groups excluding carboxylic acids is 1. The Morgan fingerprint density at radius 2 is 1.88 bits per heavy atom. The fourth-order valence-electron chi connectivity index (χ4n) is 1.05. The molecule has 0 aliphatic rings. The van der Waals surface area contributed by atoms with Gasteiger partial charge in [-0.05, 0) is 18.2 Å². The van der Waals surface area contributed by atoms with Crippen molar-refractivity contribution in [3.8, 4) is 0 Å². The van der Waals surface area contributed by atoms with E-state index in [1.165, 1.54) is 0 Å². The first-order valence-electron chi connectivity index (χ1n) is 4.31. The van der Waals surface area contributed by atoms with Crippen molar-refractivity contribution in [2.45, 2.75) is 12.5 Å². The van der Waals surface area contributed by atoms with Gasteiger partial charge in [-0.3, -0.25) is 4.79 Å². The van der Waals surface area contributed by atoms with Crippen molar-refractivity contribution in [3.05, 3.63) is 35.4 Å². The van der Waals surface area contributed by atoms with Crippen LogP contribution >= 0.6 is 0 Å². The normalized spacial score (nSPS) is 12.2. The molecule has 0 radical (unpaired) electrons. The van der Waals surface area contributed by atoms with Crippen molar-refractivity contribution in [3.63, 3.8) is 0 Å². The van der Waals surface area contributed by atoms with E-state index in [9.17, 15) is 18.4 Å². The van der Waals surface area contributed by atoms with Gasteiger partial charge < -0.3 is 10.2 Å². The number of Topliss-reactive ketones (excluding diaryl/α,β-unsaturated/α-hetero) is 1. The minimum atomic E-state index is -1.85. The Morgan fingerprint density at radius 3 is 2.38 bits per heavy atom. The van der Waals surface area contributed by atoms with Crippen molar-refractivity contribution in [1.82, 2.24) is 0 Å². The minimum Gasteiger partial charge on any atom is -0.479 e. The average molecular weight is 230 g/mol. The molecule has 2 N–H and O–H groups in total. The van der Waals surface area contributed by atoms with Crippen LogP contribution < -0.4 is 0 Å². The van der Waals surface area contributed by atoms with Gasteiger partial charge in [-0.15, -0.1) is 0 Å². The van der Waals surface area contributed by atoms with Gasteiger partial charge in [0.25, 0.3) is 0 Å². The first kappa shape index (κ1) is 12.3. The van der Waals surface area contributed by atoms with E-state index in [1.807, 2.05) is 0 Å². The molecule has 0 unspecified atom stereocenters. The Hall–Kier alpha value is -1.82. The van der Waals surface area contributed by atoms with Gasteiger partial charge in [-0.2, -0.15) is 0 Å². The lowest BCUT2D eigenvalue weighted by atomic mass is 10.1. The van der Waals surface area contributed by atoms with Gasteiger partial charge in [0.05, 0.1) is 0 Å². The van der Waals surface area contributed by atoms with Gasteiger partial charge >= 0.3 is 5.97 Å². The highest BCUT2D eigenvalue weighted by molar-refractivity contribution is 5.98. The molecule has 1 aromatic rings. The molecular weight excluding hydrogens is 222 g/mol. The van der Waals surface area contributed by atoms with Gasteiger partial charge in [0.2, 0.25) is 0 Å². The number of aliphatic carboxylic acids is 1. The number of carboxylic acids is 1. The summed E-state index contributed by atoms with van der Waals surface area (Å²) >= 11 is 0. The first-order valence-corrected chi connectivity index (χ1v) is 4.31. The monoisotopic (exact) mass is 230 g/mol. The summed E-state index contributed by atoms with van der Waals surface area (Å²) in [5.41, 5.74) is -0.181. The lowest BCUT2D eigenvalue weighted by Crippen LogP contribution is -2.23. The van der Waals surface area contributed by atoms with E-state index < -0.39 is 35.9 Å². The minimum absolute atomic E-state index is 0.181. The number of rotatable bonds is 4. The van der Waals surface area contributed by atoms with Crippen LogP contribution in [0.1, 0.15) is 16.8 Å². The molecule has 1 aromatic carbocycles. The van der Waals surface area contributed by atoms with Gasteiger partial charge in [0.1, 0.15) is 0 Å². The Morgan fingerprint density at radius 1 is 1.25 bits per heavy atom. The van der Waals surface area contributed by atoms with E-state index in [0.717, 1.165) is 12.1 Å². The van der Waals surface area contributed by atoms with Crippen LogP contribution in [0.2, 0.25) is 0 Å².